The summed E-state index contributed by atoms with van der Waals surface area (Å²) in [7, 11) is 0. The average molecular weight is 346 g/mol. The van der Waals surface area contributed by atoms with Crippen LogP contribution >= 0.6 is 0 Å². The van der Waals surface area contributed by atoms with Crippen molar-refractivity contribution in [2.45, 2.75) is 77.4 Å². The number of piperidine rings is 1. The first-order valence-corrected chi connectivity index (χ1v) is 9.65. The number of hydrogen-bond donors (Lipinski definition) is 1. The minimum atomic E-state index is -0.0193. The summed E-state index contributed by atoms with van der Waals surface area (Å²) < 4.78 is 1.57. The molecule has 3 rings (SSSR count). The summed E-state index contributed by atoms with van der Waals surface area (Å²) in [6.45, 7) is 5.32. The lowest BCUT2D eigenvalue weighted by Gasteiger charge is -2.36. The molecule has 0 bridgehead atoms. The van der Waals surface area contributed by atoms with Crippen LogP contribution < -0.4 is 5.32 Å². The number of rotatable bonds is 4. The highest BCUT2D eigenvalue weighted by Crippen LogP contribution is 2.23. The number of hydrogen-bond acceptors (Lipinski definition) is 3. The number of likely N-dealkylation sites (tertiary alicyclic amines) is 1. The maximum absolute atomic E-state index is 12.7. The molecule has 1 aliphatic carbocycles. The predicted molar refractivity (Wildman–Crippen MR) is 96.1 cm³/mol. The SMILES string of the molecule is C[C@H]1CCN(C(=O)c2cnn(CC(=O)NC3CCCCC3)c2)[C@@H](C)C1. The third kappa shape index (κ3) is 4.61. The van der Waals surface area contributed by atoms with Crippen molar-refractivity contribution in [3.63, 3.8) is 0 Å². The lowest BCUT2D eigenvalue weighted by Crippen LogP contribution is -2.44. The summed E-state index contributed by atoms with van der Waals surface area (Å²) >= 11 is 0. The van der Waals surface area contributed by atoms with Gasteiger partial charge in [0.15, 0.2) is 0 Å². The Kier molecular flexibility index (Phi) is 5.76. The Morgan fingerprint density at radius 2 is 1.96 bits per heavy atom. The van der Waals surface area contributed by atoms with Crippen LogP contribution in [0, 0.1) is 5.92 Å². The molecule has 2 atom stereocenters. The van der Waals surface area contributed by atoms with Crippen molar-refractivity contribution >= 4 is 11.8 Å². The molecule has 6 heteroatoms. The normalized spacial score (nSPS) is 25.0. The lowest BCUT2D eigenvalue weighted by atomic mass is 9.93. The Balaban J connectivity index is 1.54. The van der Waals surface area contributed by atoms with Crippen LogP contribution in [-0.4, -0.2) is 45.1 Å². The van der Waals surface area contributed by atoms with E-state index in [1.165, 1.54) is 19.3 Å². The zero-order valence-electron chi connectivity index (χ0n) is 15.4. The number of carbonyl (C=O) groups is 2. The highest BCUT2D eigenvalue weighted by atomic mass is 16.2. The molecule has 1 saturated heterocycles. The summed E-state index contributed by atoms with van der Waals surface area (Å²) in [6.07, 6.45) is 11.2. The predicted octanol–water partition coefficient (Wildman–Crippen LogP) is 2.59. The molecule has 0 radical (unpaired) electrons. The largest absolute Gasteiger partial charge is 0.352 e. The zero-order chi connectivity index (χ0) is 17.8. The van der Waals surface area contributed by atoms with E-state index in [2.05, 4.69) is 24.3 Å². The molecule has 25 heavy (non-hydrogen) atoms. The van der Waals surface area contributed by atoms with Gasteiger partial charge < -0.3 is 10.2 Å². The van der Waals surface area contributed by atoms with Gasteiger partial charge in [0.05, 0.1) is 11.8 Å². The monoisotopic (exact) mass is 346 g/mol. The molecular formula is C19H30N4O2. The van der Waals surface area contributed by atoms with Crippen molar-refractivity contribution in [2.75, 3.05) is 6.54 Å². The summed E-state index contributed by atoms with van der Waals surface area (Å²) in [5.74, 6) is 0.678. The Labute approximate surface area is 149 Å². The number of nitrogens with one attached hydrogen (secondary N) is 1. The molecule has 1 aromatic heterocycles. The van der Waals surface area contributed by atoms with E-state index in [0.29, 0.717) is 17.5 Å². The molecule has 6 nitrogen and oxygen atoms in total. The smallest absolute Gasteiger partial charge is 0.257 e. The van der Waals surface area contributed by atoms with Crippen LogP contribution in [0.15, 0.2) is 12.4 Å². The summed E-state index contributed by atoms with van der Waals surface area (Å²) in [4.78, 5) is 26.8. The van der Waals surface area contributed by atoms with E-state index in [1.807, 2.05) is 4.90 Å². The fraction of sp³-hybridized carbons (Fsp3) is 0.737. The molecule has 1 N–H and O–H groups in total. The second-order valence-corrected chi connectivity index (χ2v) is 7.81. The Morgan fingerprint density at radius 3 is 2.68 bits per heavy atom. The van der Waals surface area contributed by atoms with Gasteiger partial charge in [-0.3, -0.25) is 14.3 Å². The first-order valence-electron chi connectivity index (χ1n) is 9.65. The van der Waals surface area contributed by atoms with Crippen LogP contribution in [0.1, 0.15) is 69.2 Å². The third-order valence-corrected chi connectivity index (χ3v) is 5.56. The molecular weight excluding hydrogens is 316 g/mol. The number of aromatic nitrogens is 2. The van der Waals surface area contributed by atoms with E-state index in [9.17, 15) is 9.59 Å². The van der Waals surface area contributed by atoms with E-state index in [4.69, 9.17) is 0 Å². The molecule has 0 unspecified atom stereocenters. The van der Waals surface area contributed by atoms with Crippen LogP contribution in [0.25, 0.3) is 0 Å². The second kappa shape index (κ2) is 8.02. The molecule has 138 valence electrons. The Bertz CT molecular complexity index is 606. The average Bonchev–Trinajstić information content (AvgIpc) is 3.03. The minimum Gasteiger partial charge on any atom is -0.352 e. The van der Waals surface area contributed by atoms with Gasteiger partial charge in [0.25, 0.3) is 5.91 Å². The first-order chi connectivity index (χ1) is 12.0. The van der Waals surface area contributed by atoms with Gasteiger partial charge in [-0.1, -0.05) is 26.2 Å². The summed E-state index contributed by atoms with van der Waals surface area (Å²) in [6, 6.07) is 0.559. The van der Waals surface area contributed by atoms with E-state index < -0.39 is 0 Å². The van der Waals surface area contributed by atoms with Crippen LogP contribution in [0.5, 0.6) is 0 Å². The van der Waals surface area contributed by atoms with Crippen LogP contribution in [0.3, 0.4) is 0 Å². The van der Waals surface area contributed by atoms with Crippen molar-refractivity contribution < 1.29 is 9.59 Å². The van der Waals surface area contributed by atoms with E-state index in [1.54, 1.807) is 17.1 Å². The Morgan fingerprint density at radius 1 is 1.20 bits per heavy atom. The van der Waals surface area contributed by atoms with Crippen molar-refractivity contribution in [3.05, 3.63) is 18.0 Å². The van der Waals surface area contributed by atoms with Crippen molar-refractivity contribution in [1.82, 2.24) is 20.0 Å². The van der Waals surface area contributed by atoms with E-state index in [-0.39, 0.29) is 24.4 Å². The van der Waals surface area contributed by atoms with E-state index >= 15 is 0 Å². The van der Waals surface area contributed by atoms with Gasteiger partial charge in [-0.25, -0.2) is 0 Å². The van der Waals surface area contributed by atoms with Gasteiger partial charge in [-0.05, 0) is 38.5 Å². The van der Waals surface area contributed by atoms with Gasteiger partial charge in [-0.15, -0.1) is 0 Å². The lowest BCUT2D eigenvalue weighted by molar-refractivity contribution is -0.122. The van der Waals surface area contributed by atoms with Crippen molar-refractivity contribution in [2.24, 2.45) is 5.92 Å². The van der Waals surface area contributed by atoms with Crippen LogP contribution in [0.4, 0.5) is 0 Å². The molecule has 0 aromatic carbocycles. The number of carbonyl (C=O) groups excluding carboxylic acids is 2. The molecule has 1 saturated carbocycles. The second-order valence-electron chi connectivity index (χ2n) is 7.81. The van der Waals surface area contributed by atoms with Gasteiger partial charge >= 0.3 is 0 Å². The van der Waals surface area contributed by atoms with Crippen LogP contribution in [-0.2, 0) is 11.3 Å². The molecule has 1 aromatic rings. The van der Waals surface area contributed by atoms with Gasteiger partial charge in [0.2, 0.25) is 5.91 Å². The van der Waals surface area contributed by atoms with Gasteiger partial charge in [-0.2, -0.15) is 5.10 Å². The third-order valence-electron chi connectivity index (χ3n) is 5.56. The maximum atomic E-state index is 12.7. The topological polar surface area (TPSA) is 67.2 Å². The first kappa shape index (κ1) is 18.0. The number of amides is 2. The highest BCUT2D eigenvalue weighted by Gasteiger charge is 2.28. The molecule has 2 fully saturated rings. The molecule has 2 heterocycles. The minimum absolute atomic E-state index is 0.0193. The fourth-order valence-corrected chi connectivity index (χ4v) is 4.10. The van der Waals surface area contributed by atoms with Crippen molar-refractivity contribution in [3.8, 4) is 0 Å². The molecule has 0 spiro atoms. The standard InChI is InChI=1S/C19H30N4O2/c1-14-8-9-23(15(2)10-14)19(25)16-11-20-22(12-16)13-18(24)21-17-6-4-3-5-7-17/h11-12,14-15,17H,3-10,13H2,1-2H3,(H,21,24)/t14-,15-/m0/s1. The number of nitrogens with zero attached hydrogens (tertiary/aromatic N) is 3. The maximum Gasteiger partial charge on any atom is 0.257 e. The van der Waals surface area contributed by atoms with Gasteiger partial charge in [0.1, 0.15) is 6.54 Å². The molecule has 1 aliphatic heterocycles. The van der Waals surface area contributed by atoms with Crippen molar-refractivity contribution in [1.29, 1.82) is 0 Å². The fourth-order valence-electron chi connectivity index (χ4n) is 4.10. The summed E-state index contributed by atoms with van der Waals surface area (Å²) in [5, 5.41) is 7.30. The summed E-state index contributed by atoms with van der Waals surface area (Å²) in [5.41, 5.74) is 0.576. The molecule has 2 aliphatic rings. The highest BCUT2D eigenvalue weighted by molar-refractivity contribution is 5.94. The zero-order valence-corrected chi connectivity index (χ0v) is 15.4. The van der Waals surface area contributed by atoms with E-state index in [0.717, 1.165) is 32.2 Å². The van der Waals surface area contributed by atoms with Gasteiger partial charge in [0, 0.05) is 24.8 Å². The van der Waals surface area contributed by atoms with Crippen LogP contribution in [0.2, 0.25) is 0 Å². The molecule has 2 amide bonds. The quantitative estimate of drug-likeness (QED) is 0.911. The Hall–Kier alpha value is -1.85.